The molecule has 1 heterocycles. The Kier molecular flexibility index (Phi) is 4.57. The van der Waals surface area contributed by atoms with Crippen molar-refractivity contribution in [3.8, 4) is 0 Å². The molecule has 7 heteroatoms. The number of carbonyl (C=O) groups excluding carboxylic acids is 1. The minimum Gasteiger partial charge on any atom is -0.436 e. The van der Waals surface area contributed by atoms with Crippen LogP contribution in [-0.2, 0) is 4.79 Å². The molecule has 2 aromatic carbocycles. The zero-order valence-electron chi connectivity index (χ0n) is 11.5. The van der Waals surface area contributed by atoms with E-state index in [1.54, 1.807) is 36.4 Å². The molecule has 4 nitrogen and oxygen atoms in total. The number of allylic oxidation sites excluding steroid dienone is 1. The Hall–Kier alpha value is -2.01. The Morgan fingerprint density at radius 2 is 1.83 bits per heavy atom. The van der Waals surface area contributed by atoms with E-state index in [0.29, 0.717) is 38.1 Å². The quantitative estimate of drug-likeness (QED) is 0.493. The van der Waals surface area contributed by atoms with Crippen LogP contribution in [0.5, 0.6) is 0 Å². The summed E-state index contributed by atoms with van der Waals surface area (Å²) in [6, 6.07) is 10.0. The third kappa shape index (κ3) is 3.50. The van der Waals surface area contributed by atoms with E-state index in [1.165, 1.54) is 6.20 Å². The summed E-state index contributed by atoms with van der Waals surface area (Å²) in [5, 5.41) is 4.43. The maximum absolute atomic E-state index is 11.3. The normalized spacial score (nSPS) is 11.7. The molecule has 1 aromatic heterocycles. The molecule has 0 fully saturated rings. The molecule has 0 radical (unpaired) electrons. The second-order valence-corrected chi connectivity index (χ2v) is 5.90. The van der Waals surface area contributed by atoms with E-state index in [-0.39, 0.29) is 11.5 Å². The summed E-state index contributed by atoms with van der Waals surface area (Å²) in [7, 11) is 0. The monoisotopic (exact) mass is 366 g/mol. The lowest BCUT2D eigenvalue weighted by atomic mass is 10.3. The third-order valence-electron chi connectivity index (χ3n) is 3.04. The highest BCUT2D eigenvalue weighted by Crippen LogP contribution is 2.27. The maximum atomic E-state index is 11.3. The van der Waals surface area contributed by atoms with Crippen LogP contribution < -0.4 is 5.32 Å². The van der Waals surface area contributed by atoms with Gasteiger partial charge in [-0.1, -0.05) is 34.8 Å². The lowest BCUT2D eigenvalue weighted by Crippen LogP contribution is -1.94. The molecular weight excluding hydrogens is 359 g/mol. The van der Waals surface area contributed by atoms with Gasteiger partial charge in [-0.2, -0.15) is 0 Å². The number of hydrogen-bond donors (Lipinski definition) is 1. The summed E-state index contributed by atoms with van der Waals surface area (Å²) in [5.74, 6) is 0.190. The molecule has 0 bridgehead atoms. The lowest BCUT2D eigenvalue weighted by Gasteiger charge is -2.04. The number of nitrogens with one attached hydrogen (secondary N) is 1. The van der Waals surface area contributed by atoms with E-state index in [0.717, 1.165) is 0 Å². The van der Waals surface area contributed by atoms with E-state index < -0.39 is 0 Å². The number of oxazole rings is 1. The molecule has 0 aliphatic heterocycles. The molecule has 0 spiro atoms. The van der Waals surface area contributed by atoms with Crippen LogP contribution in [0.15, 0.2) is 47.0 Å². The van der Waals surface area contributed by atoms with Crippen molar-refractivity contribution < 1.29 is 9.21 Å². The Morgan fingerprint density at radius 1 is 1.09 bits per heavy atom. The number of hydrogen-bond acceptors (Lipinski definition) is 4. The number of fused-ring (bicyclic) bond motifs is 1. The van der Waals surface area contributed by atoms with E-state index in [9.17, 15) is 4.79 Å². The minimum atomic E-state index is 0.190. The summed E-state index contributed by atoms with van der Waals surface area (Å²) in [5.41, 5.74) is 1.96. The lowest BCUT2D eigenvalue weighted by molar-refractivity contribution is -0.103. The van der Waals surface area contributed by atoms with Crippen LogP contribution >= 0.6 is 34.8 Å². The van der Waals surface area contributed by atoms with Gasteiger partial charge in [0.1, 0.15) is 5.52 Å². The van der Waals surface area contributed by atoms with Crippen molar-refractivity contribution in [2.75, 3.05) is 5.32 Å². The summed E-state index contributed by atoms with van der Waals surface area (Å²) in [6.45, 7) is 0. The van der Waals surface area contributed by atoms with E-state index >= 15 is 0 Å². The minimum absolute atomic E-state index is 0.190. The van der Waals surface area contributed by atoms with Crippen LogP contribution in [0.4, 0.5) is 5.69 Å². The predicted octanol–water partition coefficient (Wildman–Crippen LogP) is 5.44. The number of aromatic nitrogens is 1. The van der Waals surface area contributed by atoms with E-state index in [2.05, 4.69) is 10.3 Å². The van der Waals surface area contributed by atoms with Gasteiger partial charge >= 0.3 is 0 Å². The highest BCUT2D eigenvalue weighted by molar-refractivity contribution is 6.36. The van der Waals surface area contributed by atoms with Crippen LogP contribution in [0.25, 0.3) is 16.7 Å². The molecule has 0 aliphatic rings. The fraction of sp³-hybridized carbons (Fsp3) is 0. The zero-order valence-corrected chi connectivity index (χ0v) is 13.8. The second kappa shape index (κ2) is 6.62. The molecule has 0 aliphatic carbocycles. The van der Waals surface area contributed by atoms with Crippen molar-refractivity contribution in [1.82, 2.24) is 4.98 Å². The van der Waals surface area contributed by atoms with Crippen LogP contribution in [0.1, 0.15) is 5.89 Å². The van der Waals surface area contributed by atoms with E-state index in [4.69, 9.17) is 39.2 Å². The molecule has 0 saturated heterocycles. The first-order valence-electron chi connectivity index (χ1n) is 6.50. The van der Waals surface area contributed by atoms with Crippen molar-refractivity contribution in [2.45, 2.75) is 0 Å². The van der Waals surface area contributed by atoms with Gasteiger partial charge in [-0.15, -0.1) is 0 Å². The van der Waals surface area contributed by atoms with Gasteiger partial charge in [-0.25, -0.2) is 4.98 Å². The van der Waals surface area contributed by atoms with Gasteiger partial charge < -0.3 is 9.73 Å². The van der Waals surface area contributed by atoms with Crippen molar-refractivity contribution in [3.05, 3.63) is 63.6 Å². The van der Waals surface area contributed by atoms with Gasteiger partial charge in [0.25, 0.3) is 0 Å². The van der Waals surface area contributed by atoms with Gasteiger partial charge in [0, 0.05) is 16.2 Å². The molecule has 23 heavy (non-hydrogen) atoms. The summed E-state index contributed by atoms with van der Waals surface area (Å²) in [6.07, 6.45) is 2.11. The number of aldehydes is 1. The number of halogens is 3. The average Bonchev–Trinajstić information content (AvgIpc) is 2.92. The van der Waals surface area contributed by atoms with Gasteiger partial charge in [0.05, 0.1) is 16.3 Å². The number of anilines is 1. The van der Waals surface area contributed by atoms with Crippen LogP contribution in [0, 0.1) is 0 Å². The molecule has 116 valence electrons. The largest absolute Gasteiger partial charge is 0.436 e. The fourth-order valence-corrected chi connectivity index (χ4v) is 2.56. The fourth-order valence-electron chi connectivity index (χ4n) is 1.93. The number of benzene rings is 2. The van der Waals surface area contributed by atoms with Gasteiger partial charge in [-0.3, -0.25) is 4.79 Å². The molecular formula is C16H9Cl3N2O2. The maximum Gasteiger partial charge on any atom is 0.232 e. The Bertz CT molecular complexity index is 919. The summed E-state index contributed by atoms with van der Waals surface area (Å²) in [4.78, 5) is 15.6. The van der Waals surface area contributed by atoms with Crippen LogP contribution in [0.3, 0.4) is 0 Å². The standard InChI is InChI=1S/C16H9Cl3N2O2/c17-10-1-3-13(12(19)5-10)20-7-9(8-22)16-21-14-6-11(18)2-4-15(14)23-16/h1-8,20H/b9-7+. The highest BCUT2D eigenvalue weighted by atomic mass is 35.5. The Labute approximate surface area is 146 Å². The van der Waals surface area contributed by atoms with Crippen LogP contribution in [-0.4, -0.2) is 11.3 Å². The summed E-state index contributed by atoms with van der Waals surface area (Å²) < 4.78 is 5.55. The number of carbonyl (C=O) groups is 1. The third-order valence-corrected chi connectivity index (χ3v) is 3.82. The Balaban J connectivity index is 1.92. The SMILES string of the molecule is O=C/C(=C\Nc1ccc(Cl)cc1Cl)c1nc2cc(Cl)ccc2o1. The molecule has 0 saturated carbocycles. The molecule has 0 unspecified atom stereocenters. The zero-order chi connectivity index (χ0) is 16.4. The van der Waals surface area contributed by atoms with Crippen molar-refractivity contribution in [2.24, 2.45) is 0 Å². The topological polar surface area (TPSA) is 55.1 Å². The van der Waals surface area contributed by atoms with Crippen molar-refractivity contribution in [1.29, 1.82) is 0 Å². The molecule has 0 amide bonds. The first kappa shape index (κ1) is 15.9. The summed E-state index contributed by atoms with van der Waals surface area (Å²) >= 11 is 17.8. The average molecular weight is 368 g/mol. The van der Waals surface area contributed by atoms with Gasteiger partial charge in [-0.05, 0) is 36.4 Å². The second-order valence-electron chi connectivity index (χ2n) is 4.62. The van der Waals surface area contributed by atoms with Gasteiger partial charge in [0.2, 0.25) is 5.89 Å². The Morgan fingerprint density at radius 3 is 2.57 bits per heavy atom. The molecule has 1 N–H and O–H groups in total. The van der Waals surface area contributed by atoms with Crippen molar-refractivity contribution >= 4 is 63.4 Å². The molecule has 0 atom stereocenters. The predicted molar refractivity (Wildman–Crippen MR) is 93.1 cm³/mol. The first-order chi connectivity index (χ1) is 11.1. The highest BCUT2D eigenvalue weighted by Gasteiger charge is 2.11. The van der Waals surface area contributed by atoms with Crippen LogP contribution in [0.2, 0.25) is 15.1 Å². The molecule has 3 aromatic rings. The number of nitrogens with zero attached hydrogens (tertiary/aromatic N) is 1. The first-order valence-corrected chi connectivity index (χ1v) is 7.63. The van der Waals surface area contributed by atoms with Crippen molar-refractivity contribution in [3.63, 3.8) is 0 Å². The smallest absolute Gasteiger partial charge is 0.232 e. The van der Waals surface area contributed by atoms with E-state index in [1.807, 2.05) is 0 Å². The number of rotatable bonds is 4. The van der Waals surface area contributed by atoms with Gasteiger partial charge in [0.15, 0.2) is 11.9 Å². The molecule has 3 rings (SSSR count).